The van der Waals surface area contributed by atoms with Gasteiger partial charge in [0.15, 0.2) is 5.82 Å². The van der Waals surface area contributed by atoms with Crippen LogP contribution in [0.1, 0.15) is 12.2 Å². The maximum Gasteiger partial charge on any atom is 0.233 e. The maximum absolute atomic E-state index is 12.9. The van der Waals surface area contributed by atoms with Crippen LogP contribution < -0.4 is 4.90 Å². The Labute approximate surface area is 184 Å². The largest absolute Gasteiger partial charge is 0.354 e. The molecule has 1 fully saturated rings. The van der Waals surface area contributed by atoms with Gasteiger partial charge < -0.3 is 4.90 Å². The summed E-state index contributed by atoms with van der Waals surface area (Å²) >= 11 is 5.85. The predicted molar refractivity (Wildman–Crippen MR) is 111 cm³/mol. The van der Waals surface area contributed by atoms with Crippen molar-refractivity contribution in [3.8, 4) is 0 Å². The normalized spacial score (nSPS) is 16.2. The van der Waals surface area contributed by atoms with Crippen molar-refractivity contribution < 1.29 is 22.8 Å². The van der Waals surface area contributed by atoms with E-state index in [4.69, 9.17) is 11.6 Å². The summed E-state index contributed by atoms with van der Waals surface area (Å²) in [7, 11) is -3.76. The van der Waals surface area contributed by atoms with Gasteiger partial charge in [-0.2, -0.15) is 4.31 Å². The number of sulfonamides is 1. The van der Waals surface area contributed by atoms with E-state index in [2.05, 4.69) is 15.0 Å². The van der Waals surface area contributed by atoms with Crippen LogP contribution in [0.5, 0.6) is 0 Å². The van der Waals surface area contributed by atoms with Gasteiger partial charge in [-0.3, -0.25) is 10.0 Å². The number of anilines is 1. The van der Waals surface area contributed by atoms with E-state index >= 15 is 0 Å². The van der Waals surface area contributed by atoms with Crippen LogP contribution in [0.15, 0.2) is 30.7 Å². The zero-order valence-corrected chi connectivity index (χ0v) is 18.1. The fourth-order valence-corrected chi connectivity index (χ4v) is 5.09. The molecular formula is C18H22ClFN6O4S. The standard InChI is InChI=1S/C18H22ClFN6O4S/c19-14-1-4-18(23-9-14)24-5-7-25(8-6-24)31(29,30)12-16(26(28)13-27)2-3-17-21-10-15(20)11-22-17/h1,4,9-11,13,16,28H,2-3,5-8,12H2/t16-/m0/s1. The van der Waals surface area contributed by atoms with E-state index in [1.165, 1.54) is 10.5 Å². The molecule has 10 nitrogen and oxygen atoms in total. The molecule has 2 aromatic heterocycles. The monoisotopic (exact) mass is 472 g/mol. The third kappa shape index (κ3) is 6.29. The summed E-state index contributed by atoms with van der Waals surface area (Å²) in [5.74, 6) is -0.0522. The Kier molecular flexibility index (Phi) is 7.70. The van der Waals surface area contributed by atoms with Crippen molar-refractivity contribution in [1.82, 2.24) is 24.3 Å². The number of piperazine rings is 1. The second-order valence-electron chi connectivity index (χ2n) is 6.99. The number of amides is 1. The first-order chi connectivity index (χ1) is 14.8. The van der Waals surface area contributed by atoms with Crippen molar-refractivity contribution in [2.75, 3.05) is 36.8 Å². The number of hydrogen-bond donors (Lipinski definition) is 1. The van der Waals surface area contributed by atoms with Crippen molar-refractivity contribution in [2.45, 2.75) is 18.9 Å². The number of pyridine rings is 1. The first-order valence-corrected chi connectivity index (χ1v) is 11.5. The maximum atomic E-state index is 12.9. The molecule has 0 spiro atoms. The minimum Gasteiger partial charge on any atom is -0.354 e. The van der Waals surface area contributed by atoms with Crippen molar-refractivity contribution >= 4 is 33.9 Å². The van der Waals surface area contributed by atoms with Crippen LogP contribution in [0, 0.1) is 5.82 Å². The zero-order valence-electron chi connectivity index (χ0n) is 16.5. The molecular weight excluding hydrogens is 451 g/mol. The third-order valence-electron chi connectivity index (χ3n) is 4.93. The molecule has 1 atom stereocenters. The highest BCUT2D eigenvalue weighted by Crippen LogP contribution is 2.19. The fraction of sp³-hybridized carbons (Fsp3) is 0.444. The molecule has 1 amide bonds. The molecule has 0 unspecified atom stereocenters. The SMILES string of the molecule is O=CN(O)[C@@H](CCc1ncc(F)cn1)CS(=O)(=O)N1CCN(c2ccc(Cl)cn2)CC1. The van der Waals surface area contributed by atoms with Gasteiger partial charge in [0.25, 0.3) is 0 Å². The van der Waals surface area contributed by atoms with Gasteiger partial charge in [0.1, 0.15) is 11.6 Å². The van der Waals surface area contributed by atoms with Gasteiger partial charge in [-0.15, -0.1) is 0 Å². The molecule has 0 radical (unpaired) electrons. The minimum absolute atomic E-state index is 0.0920. The van der Waals surface area contributed by atoms with Crippen LogP contribution in [-0.2, 0) is 21.2 Å². The highest BCUT2D eigenvalue weighted by Gasteiger charge is 2.31. The van der Waals surface area contributed by atoms with Gasteiger partial charge in [0.05, 0.1) is 29.2 Å². The smallest absolute Gasteiger partial charge is 0.233 e. The lowest BCUT2D eigenvalue weighted by molar-refractivity contribution is -0.158. The number of halogens is 2. The van der Waals surface area contributed by atoms with Crippen LogP contribution in [0.25, 0.3) is 0 Å². The molecule has 2 aromatic rings. The Hall–Kier alpha value is -2.41. The molecule has 1 saturated heterocycles. The first kappa shape index (κ1) is 23.3. The Balaban J connectivity index is 1.60. The molecule has 0 aromatic carbocycles. The van der Waals surface area contributed by atoms with Gasteiger partial charge in [-0.05, 0) is 18.6 Å². The van der Waals surface area contributed by atoms with Gasteiger partial charge in [-0.1, -0.05) is 11.6 Å². The van der Waals surface area contributed by atoms with E-state index in [0.29, 0.717) is 29.0 Å². The van der Waals surface area contributed by atoms with Gasteiger partial charge in [-0.25, -0.2) is 32.8 Å². The lowest BCUT2D eigenvalue weighted by atomic mass is 10.2. The van der Waals surface area contributed by atoms with Crippen LogP contribution in [0.4, 0.5) is 10.2 Å². The summed E-state index contributed by atoms with van der Waals surface area (Å²) in [4.78, 5) is 24.9. The van der Waals surface area contributed by atoms with E-state index < -0.39 is 27.6 Å². The number of nitrogens with zero attached hydrogens (tertiary/aromatic N) is 6. The number of aromatic nitrogens is 3. The number of carbonyl (C=O) groups excluding carboxylic acids is 1. The topological polar surface area (TPSA) is 120 Å². The summed E-state index contributed by atoms with van der Waals surface area (Å²) in [6.45, 7) is 1.37. The first-order valence-electron chi connectivity index (χ1n) is 9.52. The van der Waals surface area contributed by atoms with Crippen LogP contribution >= 0.6 is 11.6 Å². The summed E-state index contributed by atoms with van der Waals surface area (Å²) in [5.41, 5.74) is 0. The molecule has 1 N–H and O–H groups in total. The van der Waals surface area contributed by atoms with E-state index in [0.717, 1.165) is 12.4 Å². The number of hydrogen-bond acceptors (Lipinski definition) is 8. The zero-order chi connectivity index (χ0) is 22.4. The molecule has 3 heterocycles. The van der Waals surface area contributed by atoms with Crippen molar-refractivity contribution in [3.63, 3.8) is 0 Å². The Morgan fingerprint density at radius 3 is 2.42 bits per heavy atom. The Morgan fingerprint density at radius 2 is 1.84 bits per heavy atom. The second-order valence-corrected chi connectivity index (χ2v) is 9.44. The number of hydroxylamine groups is 2. The molecule has 168 valence electrons. The lowest BCUT2D eigenvalue weighted by Crippen LogP contribution is -2.51. The van der Waals surface area contributed by atoms with Gasteiger partial charge in [0, 0.05) is 38.8 Å². The molecule has 1 aliphatic rings. The molecule has 3 rings (SSSR count). The van der Waals surface area contributed by atoms with Gasteiger partial charge in [0.2, 0.25) is 16.4 Å². The molecule has 13 heteroatoms. The summed E-state index contributed by atoms with van der Waals surface area (Å²) in [6.07, 6.45) is 3.95. The molecule has 31 heavy (non-hydrogen) atoms. The highest BCUT2D eigenvalue weighted by atomic mass is 35.5. The summed E-state index contributed by atoms with van der Waals surface area (Å²) < 4.78 is 40.1. The average molecular weight is 473 g/mol. The quantitative estimate of drug-likeness (QED) is 0.325. The summed E-state index contributed by atoms with van der Waals surface area (Å²) in [6, 6.07) is 2.50. The predicted octanol–water partition coefficient (Wildman–Crippen LogP) is 0.965. The van der Waals surface area contributed by atoms with Crippen LogP contribution in [-0.4, -0.2) is 82.3 Å². The van der Waals surface area contributed by atoms with Crippen LogP contribution in [0.2, 0.25) is 5.02 Å². The van der Waals surface area contributed by atoms with Crippen molar-refractivity contribution in [2.24, 2.45) is 0 Å². The second kappa shape index (κ2) is 10.3. The van der Waals surface area contributed by atoms with Crippen molar-refractivity contribution in [3.05, 3.63) is 47.4 Å². The van der Waals surface area contributed by atoms with Crippen LogP contribution in [0.3, 0.4) is 0 Å². The number of aryl methyl sites for hydroxylation is 1. The van der Waals surface area contributed by atoms with E-state index in [1.54, 1.807) is 12.1 Å². The molecule has 1 aliphatic heterocycles. The molecule has 0 bridgehead atoms. The molecule has 0 aliphatic carbocycles. The van der Waals surface area contributed by atoms with Crippen molar-refractivity contribution in [1.29, 1.82) is 0 Å². The average Bonchev–Trinajstić information content (AvgIpc) is 2.77. The number of rotatable bonds is 9. The molecule has 0 saturated carbocycles. The Bertz CT molecular complexity index is 972. The van der Waals surface area contributed by atoms with E-state index in [-0.39, 0.29) is 38.2 Å². The minimum atomic E-state index is -3.76. The summed E-state index contributed by atoms with van der Waals surface area (Å²) in [5, 5.41) is 10.7. The fourth-order valence-electron chi connectivity index (χ4n) is 3.24. The van der Waals surface area contributed by atoms with E-state index in [9.17, 15) is 22.8 Å². The van der Waals surface area contributed by atoms with Gasteiger partial charge >= 0.3 is 0 Å². The lowest BCUT2D eigenvalue weighted by Gasteiger charge is -2.35. The number of carbonyl (C=O) groups is 1. The Morgan fingerprint density at radius 1 is 1.16 bits per heavy atom. The third-order valence-corrected chi connectivity index (χ3v) is 7.11. The van der Waals surface area contributed by atoms with E-state index in [1.807, 2.05) is 4.90 Å². The highest BCUT2D eigenvalue weighted by molar-refractivity contribution is 7.89.